The Hall–Kier alpha value is -1.79. The van der Waals surface area contributed by atoms with Crippen LogP contribution < -0.4 is 16.0 Å². The molecule has 1 aromatic rings. The number of carbonyl (C=O) groups excluding carboxylic acids is 3. The largest absolute Gasteiger partial charge is 0.353 e. The van der Waals surface area contributed by atoms with Crippen LogP contribution >= 0.6 is 23.2 Å². The average Bonchev–Trinajstić information content (AvgIpc) is 2.49. The van der Waals surface area contributed by atoms with Crippen LogP contribution in [0.4, 0.5) is 0 Å². The Morgan fingerprint density at radius 2 is 1.57 bits per heavy atom. The molecular formula is C13H15Cl2N3O3. The van der Waals surface area contributed by atoms with Gasteiger partial charge in [0.2, 0.25) is 5.91 Å². The van der Waals surface area contributed by atoms with Crippen molar-refractivity contribution in [2.45, 2.75) is 4.84 Å². The third kappa shape index (κ3) is 6.97. The zero-order valence-corrected chi connectivity index (χ0v) is 12.6. The lowest BCUT2D eigenvalue weighted by Crippen LogP contribution is -2.41. The third-order valence-corrected chi connectivity index (χ3v) is 2.79. The van der Waals surface area contributed by atoms with Gasteiger partial charge in [0.25, 0.3) is 11.8 Å². The maximum Gasteiger partial charge on any atom is 0.253 e. The highest BCUT2D eigenvalue weighted by Gasteiger charge is 2.10. The van der Waals surface area contributed by atoms with Crippen LogP contribution in [-0.2, 0) is 9.59 Å². The quantitative estimate of drug-likeness (QED) is 0.501. The van der Waals surface area contributed by atoms with E-state index in [2.05, 4.69) is 16.0 Å². The fraction of sp³-hybridized carbons (Fsp3) is 0.308. The Labute approximate surface area is 132 Å². The van der Waals surface area contributed by atoms with E-state index in [9.17, 15) is 14.4 Å². The molecule has 8 heteroatoms. The Balaban J connectivity index is 2.17. The molecule has 0 aliphatic carbocycles. The highest BCUT2D eigenvalue weighted by atomic mass is 35.5. The van der Waals surface area contributed by atoms with Crippen LogP contribution in [0.5, 0.6) is 0 Å². The number of benzene rings is 1. The van der Waals surface area contributed by atoms with Crippen LogP contribution in [0.25, 0.3) is 0 Å². The summed E-state index contributed by atoms with van der Waals surface area (Å²) in [6.07, 6.45) is 0. The molecule has 1 aromatic carbocycles. The summed E-state index contributed by atoms with van der Waals surface area (Å²) < 4.78 is 0. The lowest BCUT2D eigenvalue weighted by Gasteiger charge is -2.08. The number of alkyl halides is 2. The van der Waals surface area contributed by atoms with E-state index in [1.807, 2.05) is 0 Å². The monoisotopic (exact) mass is 331 g/mol. The fourth-order valence-corrected chi connectivity index (χ4v) is 1.53. The Morgan fingerprint density at radius 1 is 0.952 bits per heavy atom. The predicted octanol–water partition coefficient (Wildman–Crippen LogP) is 0.453. The van der Waals surface area contributed by atoms with Gasteiger partial charge in [-0.3, -0.25) is 14.4 Å². The maximum atomic E-state index is 11.7. The van der Waals surface area contributed by atoms with Crippen LogP contribution in [0.15, 0.2) is 30.3 Å². The second-order valence-corrected chi connectivity index (χ2v) is 5.09. The van der Waals surface area contributed by atoms with E-state index >= 15 is 0 Å². The van der Waals surface area contributed by atoms with Gasteiger partial charge in [-0.05, 0) is 12.1 Å². The summed E-state index contributed by atoms with van der Waals surface area (Å²) in [6, 6.07) is 8.57. The van der Waals surface area contributed by atoms with Crippen molar-refractivity contribution in [2.24, 2.45) is 0 Å². The van der Waals surface area contributed by atoms with E-state index < -0.39 is 10.7 Å². The minimum Gasteiger partial charge on any atom is -0.353 e. The maximum absolute atomic E-state index is 11.7. The normalized spacial score (nSPS) is 10.0. The van der Waals surface area contributed by atoms with Gasteiger partial charge >= 0.3 is 0 Å². The van der Waals surface area contributed by atoms with Crippen molar-refractivity contribution in [1.29, 1.82) is 0 Å². The summed E-state index contributed by atoms with van der Waals surface area (Å²) in [5.41, 5.74) is 0.479. The fourth-order valence-electron chi connectivity index (χ4n) is 1.38. The smallest absolute Gasteiger partial charge is 0.253 e. The number of rotatable bonds is 7. The van der Waals surface area contributed by atoms with E-state index in [0.29, 0.717) is 5.56 Å². The topological polar surface area (TPSA) is 87.3 Å². The molecule has 0 spiro atoms. The molecule has 0 aromatic heterocycles. The summed E-state index contributed by atoms with van der Waals surface area (Å²) in [5, 5.41) is 7.44. The first kappa shape index (κ1) is 17.3. The number of nitrogens with one attached hydrogen (secondary N) is 3. The van der Waals surface area contributed by atoms with Crippen LogP contribution in [-0.4, -0.2) is 42.2 Å². The van der Waals surface area contributed by atoms with E-state index in [4.69, 9.17) is 23.2 Å². The van der Waals surface area contributed by atoms with Gasteiger partial charge in [-0.25, -0.2) is 0 Å². The Bertz CT molecular complexity index is 495. The molecule has 114 valence electrons. The van der Waals surface area contributed by atoms with Crippen molar-refractivity contribution < 1.29 is 14.4 Å². The minimum atomic E-state index is -1.13. The SMILES string of the molecule is O=C(CNC(=O)c1ccccc1)NCCNC(=O)C(Cl)Cl. The molecule has 0 aliphatic rings. The van der Waals surface area contributed by atoms with Crippen molar-refractivity contribution in [3.8, 4) is 0 Å². The number of amides is 3. The molecular weight excluding hydrogens is 317 g/mol. The summed E-state index contributed by atoms with van der Waals surface area (Å²) in [7, 11) is 0. The first-order valence-corrected chi connectivity index (χ1v) is 7.04. The van der Waals surface area contributed by atoms with Gasteiger partial charge in [0, 0.05) is 18.7 Å². The third-order valence-electron chi connectivity index (χ3n) is 2.39. The van der Waals surface area contributed by atoms with Gasteiger partial charge < -0.3 is 16.0 Å². The number of halogens is 2. The van der Waals surface area contributed by atoms with Crippen molar-refractivity contribution in [1.82, 2.24) is 16.0 Å². The van der Waals surface area contributed by atoms with Gasteiger partial charge in [0.15, 0.2) is 4.84 Å². The number of carbonyl (C=O) groups is 3. The van der Waals surface area contributed by atoms with E-state index in [1.54, 1.807) is 30.3 Å². The van der Waals surface area contributed by atoms with E-state index in [0.717, 1.165) is 0 Å². The molecule has 3 amide bonds. The molecule has 21 heavy (non-hydrogen) atoms. The highest BCUT2D eigenvalue weighted by Crippen LogP contribution is 1.99. The molecule has 0 heterocycles. The van der Waals surface area contributed by atoms with Gasteiger partial charge in [-0.2, -0.15) is 0 Å². The first-order chi connectivity index (χ1) is 10.0. The molecule has 0 radical (unpaired) electrons. The lowest BCUT2D eigenvalue weighted by atomic mass is 10.2. The molecule has 3 N–H and O–H groups in total. The molecule has 0 aliphatic heterocycles. The molecule has 0 saturated carbocycles. The van der Waals surface area contributed by atoms with Crippen LogP contribution in [0, 0.1) is 0 Å². The molecule has 6 nitrogen and oxygen atoms in total. The summed E-state index contributed by atoms with van der Waals surface area (Å²) in [4.78, 5) is 33.0. The van der Waals surface area contributed by atoms with Gasteiger partial charge in [-0.1, -0.05) is 41.4 Å². The van der Waals surface area contributed by atoms with Gasteiger partial charge in [0.1, 0.15) is 0 Å². The van der Waals surface area contributed by atoms with E-state index in [1.165, 1.54) is 0 Å². The lowest BCUT2D eigenvalue weighted by molar-refractivity contribution is -0.121. The number of hydrogen-bond acceptors (Lipinski definition) is 3. The molecule has 0 unspecified atom stereocenters. The molecule has 1 rings (SSSR count). The summed E-state index contributed by atoms with van der Waals surface area (Å²) in [5.74, 6) is -1.21. The standard InChI is InChI=1S/C13H15Cl2N3O3/c14-11(15)13(21)17-7-6-16-10(19)8-18-12(20)9-4-2-1-3-5-9/h1-5,11H,6-8H2,(H,16,19)(H,17,21)(H,18,20). The van der Waals surface area contributed by atoms with Crippen LogP contribution in [0.1, 0.15) is 10.4 Å². The van der Waals surface area contributed by atoms with Crippen molar-refractivity contribution >= 4 is 40.9 Å². The molecule has 0 saturated heterocycles. The first-order valence-electron chi connectivity index (χ1n) is 6.16. The van der Waals surface area contributed by atoms with Gasteiger partial charge in [0.05, 0.1) is 6.54 Å². The minimum absolute atomic E-state index is 0.144. The van der Waals surface area contributed by atoms with Crippen molar-refractivity contribution in [3.63, 3.8) is 0 Å². The molecule has 0 bridgehead atoms. The van der Waals surface area contributed by atoms with Crippen LogP contribution in [0.2, 0.25) is 0 Å². The summed E-state index contributed by atoms with van der Waals surface area (Å²) in [6.45, 7) is 0.273. The zero-order chi connectivity index (χ0) is 15.7. The predicted molar refractivity (Wildman–Crippen MR) is 80.3 cm³/mol. The second kappa shape index (κ2) is 9.20. The summed E-state index contributed by atoms with van der Waals surface area (Å²) >= 11 is 10.7. The Morgan fingerprint density at radius 3 is 2.19 bits per heavy atom. The zero-order valence-electron chi connectivity index (χ0n) is 11.1. The Kier molecular flexibility index (Phi) is 7.56. The van der Waals surface area contributed by atoms with Gasteiger partial charge in [-0.15, -0.1) is 0 Å². The van der Waals surface area contributed by atoms with Crippen molar-refractivity contribution in [3.05, 3.63) is 35.9 Å². The number of hydrogen-bond donors (Lipinski definition) is 3. The average molecular weight is 332 g/mol. The molecule has 0 atom stereocenters. The highest BCUT2D eigenvalue weighted by molar-refractivity contribution is 6.53. The van der Waals surface area contributed by atoms with Crippen molar-refractivity contribution in [2.75, 3.05) is 19.6 Å². The van der Waals surface area contributed by atoms with E-state index in [-0.39, 0.29) is 31.4 Å². The second-order valence-electron chi connectivity index (χ2n) is 3.99. The molecule has 0 fully saturated rings. The van der Waals surface area contributed by atoms with Crippen LogP contribution in [0.3, 0.4) is 0 Å².